The Bertz CT molecular complexity index is 268. The first kappa shape index (κ1) is 12.6. The highest BCUT2D eigenvalue weighted by Crippen LogP contribution is 2.25. The average molecular weight is 277 g/mol. The van der Waals surface area contributed by atoms with Crippen LogP contribution in [0.1, 0.15) is 0 Å². The average Bonchev–Trinajstić information content (AvgIpc) is 2.47. The number of hydrogen-bond acceptors (Lipinski definition) is 4. The van der Waals surface area contributed by atoms with Crippen LogP contribution in [0.3, 0.4) is 0 Å². The molecule has 9 heteroatoms. The SMILES string of the molecule is O=C(N[C@@H]1CNNC1=O)OCC(Cl)(Cl)Cl. The van der Waals surface area contributed by atoms with Gasteiger partial charge in [-0.3, -0.25) is 10.2 Å². The summed E-state index contributed by atoms with van der Waals surface area (Å²) in [6, 6.07) is -0.673. The van der Waals surface area contributed by atoms with Gasteiger partial charge in [0.1, 0.15) is 12.6 Å². The maximum Gasteiger partial charge on any atom is 0.407 e. The van der Waals surface area contributed by atoms with Gasteiger partial charge in [-0.15, -0.1) is 0 Å². The standard InChI is InChI=1S/C6H8Cl3N3O3/c7-6(8,9)2-15-5(14)11-3-1-10-12-4(3)13/h3,10H,1-2H2,(H,11,14)(H,12,13)/t3-/m1/s1. The highest BCUT2D eigenvalue weighted by atomic mass is 35.6. The van der Waals surface area contributed by atoms with Crippen molar-refractivity contribution in [2.75, 3.05) is 13.2 Å². The van der Waals surface area contributed by atoms with E-state index in [9.17, 15) is 9.59 Å². The van der Waals surface area contributed by atoms with Crippen LogP contribution in [-0.4, -0.2) is 35.0 Å². The molecule has 0 aliphatic carbocycles. The van der Waals surface area contributed by atoms with E-state index in [1.807, 2.05) is 0 Å². The van der Waals surface area contributed by atoms with Crippen LogP contribution in [0.4, 0.5) is 4.79 Å². The molecular formula is C6H8Cl3N3O3. The molecule has 6 nitrogen and oxygen atoms in total. The Morgan fingerprint density at radius 3 is 2.73 bits per heavy atom. The molecule has 2 amide bonds. The molecule has 1 atom stereocenters. The van der Waals surface area contributed by atoms with Crippen molar-refractivity contribution in [2.24, 2.45) is 0 Å². The van der Waals surface area contributed by atoms with E-state index in [0.717, 1.165) is 0 Å². The van der Waals surface area contributed by atoms with Crippen molar-refractivity contribution in [3.8, 4) is 0 Å². The highest BCUT2D eigenvalue weighted by Gasteiger charge is 2.27. The first-order valence-corrected chi connectivity index (χ1v) is 5.04. The molecule has 1 aliphatic heterocycles. The molecule has 0 aromatic carbocycles. The molecule has 0 aromatic heterocycles. The van der Waals surface area contributed by atoms with Gasteiger partial charge in [-0.25, -0.2) is 10.2 Å². The van der Waals surface area contributed by atoms with Gasteiger partial charge in [0, 0.05) is 6.54 Å². The number of alkyl carbamates (subject to hydrolysis) is 1. The normalized spacial score (nSPS) is 21.0. The highest BCUT2D eigenvalue weighted by molar-refractivity contribution is 6.67. The Morgan fingerprint density at radius 2 is 2.27 bits per heavy atom. The lowest BCUT2D eigenvalue weighted by atomic mass is 10.3. The molecule has 1 fully saturated rings. The van der Waals surface area contributed by atoms with E-state index >= 15 is 0 Å². The lowest BCUT2D eigenvalue weighted by Gasteiger charge is -2.13. The van der Waals surface area contributed by atoms with E-state index in [4.69, 9.17) is 34.8 Å². The van der Waals surface area contributed by atoms with Gasteiger partial charge in [0.25, 0.3) is 5.91 Å². The molecular weight excluding hydrogens is 268 g/mol. The number of hydrogen-bond donors (Lipinski definition) is 3. The van der Waals surface area contributed by atoms with Crippen LogP contribution in [0.25, 0.3) is 0 Å². The second-order valence-corrected chi connectivity index (χ2v) is 5.27. The van der Waals surface area contributed by atoms with E-state index in [1.165, 1.54) is 0 Å². The van der Waals surface area contributed by atoms with Gasteiger partial charge < -0.3 is 10.1 Å². The van der Waals surface area contributed by atoms with Gasteiger partial charge >= 0.3 is 6.09 Å². The zero-order valence-corrected chi connectivity index (χ0v) is 9.62. The molecule has 3 N–H and O–H groups in total. The Balaban J connectivity index is 2.27. The molecule has 1 rings (SSSR count). The van der Waals surface area contributed by atoms with Gasteiger partial charge in [-0.1, -0.05) is 34.8 Å². The third-order valence-electron chi connectivity index (χ3n) is 1.49. The molecule has 1 saturated heterocycles. The van der Waals surface area contributed by atoms with Crippen LogP contribution in [0.15, 0.2) is 0 Å². The summed E-state index contributed by atoms with van der Waals surface area (Å²) in [5, 5.41) is 2.29. The van der Waals surface area contributed by atoms with E-state index in [2.05, 4.69) is 20.9 Å². The van der Waals surface area contributed by atoms with Gasteiger partial charge in [-0.05, 0) is 0 Å². The van der Waals surface area contributed by atoms with Crippen LogP contribution in [0.5, 0.6) is 0 Å². The van der Waals surface area contributed by atoms with E-state index in [0.29, 0.717) is 0 Å². The first-order valence-electron chi connectivity index (χ1n) is 3.91. The number of ether oxygens (including phenoxy) is 1. The second-order valence-electron chi connectivity index (χ2n) is 2.76. The van der Waals surface area contributed by atoms with Crippen molar-refractivity contribution in [1.82, 2.24) is 16.2 Å². The minimum absolute atomic E-state index is 0.279. The van der Waals surface area contributed by atoms with Crippen LogP contribution in [0, 0.1) is 0 Å². The van der Waals surface area contributed by atoms with Gasteiger partial charge in [0.05, 0.1) is 0 Å². The fraction of sp³-hybridized carbons (Fsp3) is 0.667. The van der Waals surface area contributed by atoms with Crippen LogP contribution < -0.4 is 16.2 Å². The second kappa shape index (κ2) is 5.07. The lowest BCUT2D eigenvalue weighted by Crippen LogP contribution is -2.42. The molecule has 0 saturated carbocycles. The smallest absolute Gasteiger partial charge is 0.407 e. The predicted molar refractivity (Wildman–Crippen MR) is 54.7 cm³/mol. The minimum atomic E-state index is -1.66. The molecule has 0 bridgehead atoms. The first-order chi connectivity index (χ1) is 6.88. The summed E-state index contributed by atoms with van der Waals surface area (Å²) in [4.78, 5) is 22.1. The summed E-state index contributed by atoms with van der Waals surface area (Å²) < 4.78 is 2.90. The Morgan fingerprint density at radius 1 is 1.60 bits per heavy atom. The fourth-order valence-electron chi connectivity index (χ4n) is 0.868. The summed E-state index contributed by atoms with van der Waals surface area (Å²) in [5.41, 5.74) is 4.86. The monoisotopic (exact) mass is 275 g/mol. The molecule has 0 unspecified atom stereocenters. The molecule has 1 aliphatic rings. The maximum absolute atomic E-state index is 11.1. The molecule has 0 aromatic rings. The molecule has 0 radical (unpaired) electrons. The number of hydrazine groups is 1. The third-order valence-corrected chi connectivity index (χ3v) is 1.82. The number of rotatable bonds is 2. The lowest BCUT2D eigenvalue weighted by molar-refractivity contribution is -0.121. The third kappa shape index (κ3) is 4.74. The summed E-state index contributed by atoms with van der Waals surface area (Å²) in [7, 11) is 0. The Hall–Kier alpha value is -0.430. The van der Waals surface area contributed by atoms with Crippen molar-refractivity contribution < 1.29 is 14.3 Å². The van der Waals surface area contributed by atoms with Gasteiger partial charge in [-0.2, -0.15) is 0 Å². The summed E-state index contributed by atoms with van der Waals surface area (Å²) in [6.07, 6.45) is -0.815. The minimum Gasteiger partial charge on any atom is -0.445 e. The number of amides is 2. The Labute approximate surface area is 101 Å². The van der Waals surface area contributed by atoms with Crippen molar-refractivity contribution in [1.29, 1.82) is 0 Å². The zero-order valence-electron chi connectivity index (χ0n) is 7.35. The number of halogens is 3. The quantitative estimate of drug-likeness (QED) is 0.624. The molecule has 1 heterocycles. The molecule has 15 heavy (non-hydrogen) atoms. The fourth-order valence-corrected chi connectivity index (χ4v) is 1.03. The summed E-state index contributed by atoms with van der Waals surface area (Å²) in [6.45, 7) is -0.104. The topological polar surface area (TPSA) is 79.5 Å². The summed E-state index contributed by atoms with van der Waals surface area (Å²) in [5.74, 6) is -0.346. The predicted octanol–water partition coefficient (Wildman–Crippen LogP) is 0.0858. The van der Waals surface area contributed by atoms with Crippen LogP contribution in [0.2, 0.25) is 0 Å². The van der Waals surface area contributed by atoms with Crippen LogP contribution in [-0.2, 0) is 9.53 Å². The van der Waals surface area contributed by atoms with Crippen molar-refractivity contribution in [3.05, 3.63) is 0 Å². The van der Waals surface area contributed by atoms with E-state index in [1.54, 1.807) is 0 Å². The van der Waals surface area contributed by atoms with E-state index in [-0.39, 0.29) is 19.1 Å². The van der Waals surface area contributed by atoms with Crippen molar-refractivity contribution >= 4 is 46.8 Å². The van der Waals surface area contributed by atoms with Crippen molar-refractivity contribution in [3.63, 3.8) is 0 Å². The van der Waals surface area contributed by atoms with Gasteiger partial charge in [0.2, 0.25) is 3.79 Å². The maximum atomic E-state index is 11.1. The number of carbonyl (C=O) groups is 2. The van der Waals surface area contributed by atoms with Gasteiger partial charge in [0.15, 0.2) is 0 Å². The van der Waals surface area contributed by atoms with Crippen molar-refractivity contribution in [2.45, 2.75) is 9.83 Å². The molecule has 0 spiro atoms. The van der Waals surface area contributed by atoms with E-state index < -0.39 is 15.9 Å². The Kier molecular flexibility index (Phi) is 4.27. The number of alkyl halides is 3. The van der Waals surface area contributed by atoms with Crippen LogP contribution >= 0.6 is 34.8 Å². The number of carbonyl (C=O) groups excluding carboxylic acids is 2. The summed E-state index contributed by atoms with van der Waals surface area (Å²) >= 11 is 16.1. The largest absolute Gasteiger partial charge is 0.445 e. The zero-order chi connectivity index (χ0) is 11.5. The number of nitrogens with one attached hydrogen (secondary N) is 3. The molecule has 86 valence electrons.